The van der Waals surface area contributed by atoms with Gasteiger partial charge in [-0.25, -0.2) is 0 Å². The highest BCUT2D eigenvalue weighted by molar-refractivity contribution is 5.69. The monoisotopic (exact) mass is 897 g/mol. The van der Waals surface area contributed by atoms with E-state index in [9.17, 15) is 25.2 Å². The van der Waals surface area contributed by atoms with Crippen molar-refractivity contribution in [2.24, 2.45) is 0 Å². The Morgan fingerprint density at radius 1 is 0.516 bits per heavy atom. The lowest BCUT2D eigenvalue weighted by Gasteiger charge is -2.39. The van der Waals surface area contributed by atoms with Crippen LogP contribution in [0, 0.1) is 0 Å². The number of unbranched alkanes of at least 4 members (excludes halogenated alkanes) is 15. The quantitative estimate of drug-likeness (QED) is 0.0268. The van der Waals surface area contributed by atoms with Crippen molar-refractivity contribution in [3.63, 3.8) is 0 Å². The van der Waals surface area contributed by atoms with Gasteiger partial charge in [-0.05, 0) is 83.5 Å². The number of carbonyl (C=O) groups excluding carboxylic acids is 1. The van der Waals surface area contributed by atoms with E-state index in [1.54, 1.807) is 0 Å². The fraction of sp³-hybridized carbons (Fsp3) is 0.691. The molecule has 4 N–H and O–H groups in total. The maximum atomic E-state index is 12.8. The second-order valence-electron chi connectivity index (χ2n) is 16.9. The summed E-state index contributed by atoms with van der Waals surface area (Å²) in [6.45, 7) is 4.20. The van der Waals surface area contributed by atoms with Crippen molar-refractivity contribution in [1.29, 1.82) is 0 Å². The van der Waals surface area contributed by atoms with E-state index >= 15 is 0 Å². The second-order valence-corrected chi connectivity index (χ2v) is 16.9. The lowest BCUT2D eigenvalue weighted by Crippen LogP contribution is -2.59. The summed E-state index contributed by atoms with van der Waals surface area (Å²) in [5.74, 6) is -0.346. The first kappa shape index (κ1) is 59.1. The summed E-state index contributed by atoms with van der Waals surface area (Å²) in [6, 6.07) is 0. The number of carbonyl (C=O) groups is 1. The molecule has 0 aromatic rings. The van der Waals surface area contributed by atoms with Gasteiger partial charge in [-0.2, -0.15) is 0 Å². The molecule has 366 valence electrons. The van der Waals surface area contributed by atoms with E-state index in [4.69, 9.17) is 18.9 Å². The van der Waals surface area contributed by atoms with Gasteiger partial charge in [0.25, 0.3) is 0 Å². The molecule has 0 bridgehead atoms. The number of hydrogen-bond acceptors (Lipinski definition) is 9. The fourth-order valence-electron chi connectivity index (χ4n) is 7.09. The van der Waals surface area contributed by atoms with Gasteiger partial charge in [0.05, 0.1) is 26.4 Å². The minimum atomic E-state index is -1.56. The van der Waals surface area contributed by atoms with Crippen LogP contribution in [0.4, 0.5) is 0 Å². The van der Waals surface area contributed by atoms with Crippen molar-refractivity contribution < 1.29 is 44.2 Å². The number of esters is 1. The molecule has 0 aromatic heterocycles. The summed E-state index contributed by atoms with van der Waals surface area (Å²) in [4.78, 5) is 12.8. The summed E-state index contributed by atoms with van der Waals surface area (Å²) in [7, 11) is 0. The van der Waals surface area contributed by atoms with Crippen molar-refractivity contribution >= 4 is 5.97 Å². The highest BCUT2D eigenvalue weighted by Crippen LogP contribution is 2.22. The predicted octanol–water partition coefficient (Wildman–Crippen LogP) is 12.4. The number of rotatable bonds is 42. The Hall–Kier alpha value is -2.89. The molecule has 9 nitrogen and oxygen atoms in total. The zero-order valence-electron chi connectivity index (χ0n) is 40.2. The van der Waals surface area contributed by atoms with Crippen LogP contribution in [0.2, 0.25) is 0 Å². The summed E-state index contributed by atoms with van der Waals surface area (Å²) in [5.41, 5.74) is 0. The Morgan fingerprint density at radius 2 is 0.953 bits per heavy atom. The Bertz CT molecular complexity index is 1300. The number of ether oxygens (including phenoxy) is 4. The van der Waals surface area contributed by atoms with Gasteiger partial charge in [0.15, 0.2) is 6.29 Å². The summed E-state index contributed by atoms with van der Waals surface area (Å²) in [6.07, 6.45) is 56.0. The Balaban J connectivity index is 2.25. The van der Waals surface area contributed by atoms with Crippen LogP contribution in [0.1, 0.15) is 181 Å². The molecule has 0 spiro atoms. The molecule has 0 amide bonds. The van der Waals surface area contributed by atoms with Crippen molar-refractivity contribution in [2.75, 3.05) is 26.4 Å². The predicted molar refractivity (Wildman–Crippen MR) is 265 cm³/mol. The zero-order chi connectivity index (χ0) is 46.4. The molecule has 1 rings (SSSR count). The van der Waals surface area contributed by atoms with E-state index in [2.05, 4.69) is 111 Å². The van der Waals surface area contributed by atoms with Crippen LogP contribution in [0.25, 0.3) is 0 Å². The molecule has 6 unspecified atom stereocenters. The molecule has 1 aliphatic rings. The molecule has 1 saturated heterocycles. The van der Waals surface area contributed by atoms with Crippen LogP contribution in [0.5, 0.6) is 0 Å². The van der Waals surface area contributed by atoms with Crippen LogP contribution in [-0.4, -0.2) is 89.6 Å². The largest absolute Gasteiger partial charge is 0.457 e. The minimum absolute atomic E-state index is 0.0831. The first-order chi connectivity index (χ1) is 31.4. The van der Waals surface area contributed by atoms with Gasteiger partial charge in [0, 0.05) is 6.42 Å². The van der Waals surface area contributed by atoms with Gasteiger partial charge in [0.2, 0.25) is 0 Å². The van der Waals surface area contributed by atoms with Gasteiger partial charge in [-0.15, -0.1) is 0 Å². The van der Waals surface area contributed by atoms with Gasteiger partial charge in [0.1, 0.15) is 30.5 Å². The van der Waals surface area contributed by atoms with Gasteiger partial charge < -0.3 is 39.4 Å². The van der Waals surface area contributed by atoms with E-state index < -0.39 is 43.4 Å². The second kappa shape index (κ2) is 45.3. The average Bonchev–Trinajstić information content (AvgIpc) is 3.30. The molecule has 0 aliphatic carbocycles. The van der Waals surface area contributed by atoms with Crippen LogP contribution < -0.4 is 0 Å². The molecule has 0 radical (unpaired) electrons. The van der Waals surface area contributed by atoms with E-state index in [1.807, 2.05) is 0 Å². The summed E-state index contributed by atoms with van der Waals surface area (Å²) >= 11 is 0. The maximum absolute atomic E-state index is 12.8. The normalized spacial score (nSPS) is 20.4. The van der Waals surface area contributed by atoms with Crippen LogP contribution >= 0.6 is 0 Å². The molecular weight excluding hydrogens is 805 g/mol. The molecule has 0 saturated carbocycles. The van der Waals surface area contributed by atoms with Gasteiger partial charge in [-0.1, -0.05) is 188 Å². The highest BCUT2D eigenvalue weighted by Gasteiger charge is 2.44. The Morgan fingerprint density at radius 3 is 1.44 bits per heavy atom. The molecule has 1 aliphatic heterocycles. The first-order valence-corrected chi connectivity index (χ1v) is 25.3. The SMILES string of the molecule is CC/C=C\C/C=C\C/C=C\C/C=C\C/C=C\CCOCC(COC1OC(CO)C(O)C(O)C1O)OC(=O)CCCCCCCCCCCC/C=C\C/C=C\C/C=C\CCCCCCC. The van der Waals surface area contributed by atoms with Crippen LogP contribution in [-0.2, 0) is 23.7 Å². The summed E-state index contributed by atoms with van der Waals surface area (Å²) in [5, 5.41) is 40.2. The summed E-state index contributed by atoms with van der Waals surface area (Å²) < 4.78 is 22.7. The van der Waals surface area contributed by atoms with Crippen molar-refractivity contribution in [1.82, 2.24) is 0 Å². The van der Waals surface area contributed by atoms with Crippen LogP contribution in [0.15, 0.2) is 97.2 Å². The number of allylic oxidation sites excluding steroid dienone is 15. The van der Waals surface area contributed by atoms with Crippen LogP contribution in [0.3, 0.4) is 0 Å². The third kappa shape index (κ3) is 35.4. The molecule has 0 aromatic carbocycles. The number of aliphatic hydroxyl groups excluding tert-OH is 4. The minimum Gasteiger partial charge on any atom is -0.457 e. The van der Waals surface area contributed by atoms with E-state index in [0.29, 0.717) is 13.0 Å². The van der Waals surface area contributed by atoms with E-state index in [1.165, 1.54) is 89.9 Å². The maximum Gasteiger partial charge on any atom is 0.306 e. The third-order valence-electron chi connectivity index (χ3n) is 11.0. The van der Waals surface area contributed by atoms with Gasteiger partial charge >= 0.3 is 5.97 Å². The zero-order valence-corrected chi connectivity index (χ0v) is 40.2. The number of aliphatic hydroxyl groups is 4. The lowest BCUT2D eigenvalue weighted by atomic mass is 9.99. The molecule has 64 heavy (non-hydrogen) atoms. The van der Waals surface area contributed by atoms with Crippen molar-refractivity contribution in [3.05, 3.63) is 97.2 Å². The first-order valence-electron chi connectivity index (χ1n) is 25.3. The highest BCUT2D eigenvalue weighted by atomic mass is 16.7. The molecule has 6 atom stereocenters. The number of hydrogen-bond donors (Lipinski definition) is 4. The smallest absolute Gasteiger partial charge is 0.306 e. The average molecular weight is 897 g/mol. The molecular formula is C55H92O9. The molecule has 9 heteroatoms. The Kier molecular flexibility index (Phi) is 41.8. The van der Waals surface area contributed by atoms with Crippen molar-refractivity contribution in [2.45, 2.75) is 218 Å². The Labute approximate surface area is 390 Å². The standard InChI is InChI=1S/C55H92O9/c1-3-5-7-9-11-13-15-17-19-21-22-23-24-25-26-27-28-29-30-32-34-36-38-40-42-44-51(57)63-49(48-62-55-54(60)53(59)52(58)50(46-56)64-55)47-61-45-43-41-39-37-35-33-31-20-18-16-14-12-10-8-6-4-2/h6,8,12,14-15,17-18,20-22,24-25,33,35,39,41,49-50,52-56,58-60H,3-5,7,9-11,13,16,19,23,26-32,34,36-38,40,42-48H2,1-2H3/b8-6-,14-12-,17-15-,20-18-,22-21-,25-24-,35-33-,41-39-. The van der Waals surface area contributed by atoms with E-state index in [-0.39, 0.29) is 25.6 Å². The fourth-order valence-corrected chi connectivity index (χ4v) is 7.09. The topological polar surface area (TPSA) is 135 Å². The molecule has 1 heterocycles. The van der Waals surface area contributed by atoms with Crippen molar-refractivity contribution in [3.8, 4) is 0 Å². The van der Waals surface area contributed by atoms with Gasteiger partial charge in [-0.3, -0.25) is 4.79 Å². The molecule has 1 fully saturated rings. The lowest BCUT2D eigenvalue weighted by molar-refractivity contribution is -0.305. The third-order valence-corrected chi connectivity index (χ3v) is 11.0. The van der Waals surface area contributed by atoms with E-state index in [0.717, 1.165) is 64.2 Å².